The molecule has 0 radical (unpaired) electrons. The van der Waals surface area contributed by atoms with Crippen LogP contribution in [-0.4, -0.2) is 23.3 Å². The molecule has 1 fully saturated rings. The van der Waals surface area contributed by atoms with Gasteiger partial charge in [0.15, 0.2) is 0 Å². The largest absolute Gasteiger partial charge is 0.323 e. The maximum Gasteiger partial charge on any atom is 0.271 e. The van der Waals surface area contributed by atoms with Crippen molar-refractivity contribution >= 4 is 28.9 Å². The lowest BCUT2D eigenvalue weighted by atomic mass is 9.96. The van der Waals surface area contributed by atoms with Gasteiger partial charge in [-0.05, 0) is 30.0 Å². The van der Waals surface area contributed by atoms with Crippen LogP contribution in [0.1, 0.15) is 38.2 Å². The molecule has 0 spiro atoms. The molecule has 2 unspecified atom stereocenters. The van der Waals surface area contributed by atoms with Crippen LogP contribution >= 0.6 is 0 Å². The summed E-state index contributed by atoms with van der Waals surface area (Å²) in [6.45, 7) is 4.32. The van der Waals surface area contributed by atoms with E-state index >= 15 is 0 Å². The Morgan fingerprint density at radius 2 is 2.07 bits per heavy atom. The zero-order valence-corrected chi connectivity index (χ0v) is 16.2. The first-order valence-electron chi connectivity index (χ1n) is 9.45. The number of amides is 2. The van der Waals surface area contributed by atoms with Gasteiger partial charge in [-0.25, -0.2) is 4.39 Å². The molecular weight excluding hydrogens is 377 g/mol. The predicted molar refractivity (Wildman–Crippen MR) is 107 cm³/mol. The standard InChI is InChI=1S/C21H22FN3O4/c1-3-13(2)16-6-4-5-7-19(16)24-12-14(10-20(24)26)21(27)23-18-11-15(25(28)29)8-9-17(18)22/h4-9,11,13-14H,3,10,12H2,1-2H3,(H,23,27). The van der Waals surface area contributed by atoms with Crippen molar-refractivity contribution in [3.8, 4) is 0 Å². The summed E-state index contributed by atoms with van der Waals surface area (Å²) in [6, 6.07) is 10.5. The first-order chi connectivity index (χ1) is 13.8. The third-order valence-electron chi connectivity index (χ3n) is 5.29. The zero-order chi connectivity index (χ0) is 21.1. The number of nitrogens with zero attached hydrogens (tertiary/aromatic N) is 2. The van der Waals surface area contributed by atoms with Crippen LogP contribution in [0.15, 0.2) is 42.5 Å². The van der Waals surface area contributed by atoms with Gasteiger partial charge >= 0.3 is 0 Å². The van der Waals surface area contributed by atoms with Gasteiger partial charge in [-0.2, -0.15) is 0 Å². The SMILES string of the molecule is CCC(C)c1ccccc1N1CC(C(=O)Nc2cc([N+](=O)[O-])ccc2F)CC1=O. The molecular formula is C21H22FN3O4. The van der Waals surface area contributed by atoms with Crippen molar-refractivity contribution in [3.05, 3.63) is 64.0 Å². The highest BCUT2D eigenvalue weighted by Gasteiger charge is 2.36. The summed E-state index contributed by atoms with van der Waals surface area (Å²) in [6.07, 6.45) is 0.909. The predicted octanol–water partition coefficient (Wildman–Crippen LogP) is 4.24. The second kappa shape index (κ2) is 8.38. The summed E-state index contributed by atoms with van der Waals surface area (Å²) in [5, 5.41) is 13.3. The topological polar surface area (TPSA) is 92.6 Å². The lowest BCUT2D eigenvalue weighted by Gasteiger charge is -2.23. The number of benzene rings is 2. The molecule has 1 saturated heterocycles. The summed E-state index contributed by atoms with van der Waals surface area (Å²) >= 11 is 0. The second-order valence-corrected chi connectivity index (χ2v) is 7.18. The van der Waals surface area contributed by atoms with Crippen molar-refractivity contribution in [3.63, 3.8) is 0 Å². The minimum atomic E-state index is -0.771. The number of hydrogen-bond donors (Lipinski definition) is 1. The van der Waals surface area contributed by atoms with Crippen LogP contribution < -0.4 is 10.2 Å². The Morgan fingerprint density at radius 1 is 1.34 bits per heavy atom. The maximum absolute atomic E-state index is 14.0. The highest BCUT2D eigenvalue weighted by Crippen LogP contribution is 2.34. The molecule has 1 heterocycles. The van der Waals surface area contributed by atoms with E-state index in [9.17, 15) is 24.1 Å². The molecule has 2 aromatic carbocycles. The van der Waals surface area contributed by atoms with E-state index in [1.807, 2.05) is 24.3 Å². The van der Waals surface area contributed by atoms with Gasteiger partial charge in [0, 0.05) is 30.8 Å². The molecule has 0 saturated carbocycles. The van der Waals surface area contributed by atoms with Gasteiger partial charge in [-0.3, -0.25) is 19.7 Å². The van der Waals surface area contributed by atoms with E-state index in [-0.39, 0.29) is 36.2 Å². The summed E-state index contributed by atoms with van der Waals surface area (Å²) in [4.78, 5) is 37.0. The summed E-state index contributed by atoms with van der Waals surface area (Å²) in [5.41, 5.74) is 1.22. The minimum absolute atomic E-state index is 0.00276. The van der Waals surface area contributed by atoms with Crippen LogP contribution in [0.5, 0.6) is 0 Å². The number of rotatable bonds is 6. The van der Waals surface area contributed by atoms with Crippen LogP contribution in [-0.2, 0) is 9.59 Å². The molecule has 2 atom stereocenters. The van der Waals surface area contributed by atoms with Crippen molar-refractivity contribution in [2.24, 2.45) is 5.92 Å². The van der Waals surface area contributed by atoms with Crippen molar-refractivity contribution in [2.45, 2.75) is 32.6 Å². The van der Waals surface area contributed by atoms with Crippen LogP contribution in [0.3, 0.4) is 0 Å². The van der Waals surface area contributed by atoms with Crippen molar-refractivity contribution < 1.29 is 18.9 Å². The second-order valence-electron chi connectivity index (χ2n) is 7.18. The molecule has 3 rings (SSSR count). The Balaban J connectivity index is 1.78. The fourth-order valence-corrected chi connectivity index (χ4v) is 3.44. The Morgan fingerprint density at radius 3 is 2.76 bits per heavy atom. The smallest absolute Gasteiger partial charge is 0.271 e. The number of hydrogen-bond acceptors (Lipinski definition) is 4. The highest BCUT2D eigenvalue weighted by atomic mass is 19.1. The normalized spacial score (nSPS) is 17.3. The molecule has 1 aliphatic rings. The quantitative estimate of drug-likeness (QED) is 0.581. The van der Waals surface area contributed by atoms with Crippen LogP contribution in [0.2, 0.25) is 0 Å². The average Bonchev–Trinajstić information content (AvgIpc) is 3.10. The summed E-state index contributed by atoms with van der Waals surface area (Å²) < 4.78 is 14.0. The average molecular weight is 399 g/mol. The molecule has 152 valence electrons. The molecule has 0 bridgehead atoms. The van der Waals surface area contributed by atoms with E-state index in [0.717, 1.165) is 35.9 Å². The van der Waals surface area contributed by atoms with Crippen molar-refractivity contribution in [1.29, 1.82) is 0 Å². The van der Waals surface area contributed by atoms with Crippen LogP contribution in [0.4, 0.5) is 21.5 Å². The highest BCUT2D eigenvalue weighted by molar-refractivity contribution is 6.04. The monoisotopic (exact) mass is 399 g/mol. The molecule has 7 nitrogen and oxygen atoms in total. The number of carbonyl (C=O) groups excluding carboxylic acids is 2. The number of halogens is 1. The van der Waals surface area contributed by atoms with E-state index < -0.39 is 22.6 Å². The molecule has 8 heteroatoms. The maximum atomic E-state index is 14.0. The number of non-ortho nitro benzene ring substituents is 1. The molecule has 1 aliphatic heterocycles. The fraction of sp³-hybridized carbons (Fsp3) is 0.333. The van der Waals surface area contributed by atoms with Crippen LogP contribution in [0, 0.1) is 21.8 Å². The molecule has 0 aromatic heterocycles. The van der Waals surface area contributed by atoms with E-state index in [4.69, 9.17) is 0 Å². The molecule has 1 N–H and O–H groups in total. The minimum Gasteiger partial charge on any atom is -0.323 e. The first kappa shape index (κ1) is 20.4. The Labute approximate surface area is 167 Å². The Hall–Kier alpha value is -3.29. The van der Waals surface area contributed by atoms with E-state index in [2.05, 4.69) is 19.2 Å². The number of nitrogens with one attached hydrogen (secondary N) is 1. The zero-order valence-electron chi connectivity index (χ0n) is 16.2. The number of carbonyl (C=O) groups is 2. The number of nitro benzene ring substituents is 1. The van der Waals surface area contributed by atoms with E-state index in [1.165, 1.54) is 0 Å². The van der Waals surface area contributed by atoms with Gasteiger partial charge in [-0.15, -0.1) is 0 Å². The van der Waals surface area contributed by atoms with Gasteiger partial charge < -0.3 is 10.2 Å². The Kier molecular flexibility index (Phi) is 5.91. The van der Waals surface area contributed by atoms with Gasteiger partial charge in [0.05, 0.1) is 16.5 Å². The summed E-state index contributed by atoms with van der Waals surface area (Å²) in [7, 11) is 0. The lowest BCUT2D eigenvalue weighted by Crippen LogP contribution is -2.29. The molecule has 29 heavy (non-hydrogen) atoms. The van der Waals surface area contributed by atoms with Gasteiger partial charge in [0.25, 0.3) is 5.69 Å². The third kappa shape index (κ3) is 4.26. The lowest BCUT2D eigenvalue weighted by molar-refractivity contribution is -0.384. The number of nitro groups is 1. The van der Waals surface area contributed by atoms with Gasteiger partial charge in [0.1, 0.15) is 5.82 Å². The summed E-state index contributed by atoms with van der Waals surface area (Å²) in [5.74, 6) is -1.91. The van der Waals surface area contributed by atoms with Gasteiger partial charge in [0.2, 0.25) is 11.8 Å². The molecule has 2 amide bonds. The Bertz CT molecular complexity index is 963. The van der Waals surface area contributed by atoms with E-state index in [1.54, 1.807) is 4.90 Å². The van der Waals surface area contributed by atoms with Crippen molar-refractivity contribution in [2.75, 3.05) is 16.8 Å². The number of anilines is 2. The third-order valence-corrected chi connectivity index (χ3v) is 5.29. The molecule has 2 aromatic rings. The first-order valence-corrected chi connectivity index (χ1v) is 9.45. The fourth-order valence-electron chi connectivity index (χ4n) is 3.44. The van der Waals surface area contributed by atoms with Crippen LogP contribution in [0.25, 0.3) is 0 Å². The molecule has 0 aliphatic carbocycles. The van der Waals surface area contributed by atoms with E-state index in [0.29, 0.717) is 0 Å². The number of para-hydroxylation sites is 1. The van der Waals surface area contributed by atoms with Gasteiger partial charge in [-0.1, -0.05) is 32.0 Å². The van der Waals surface area contributed by atoms with Crippen molar-refractivity contribution in [1.82, 2.24) is 0 Å².